The Morgan fingerprint density at radius 1 is 1.10 bits per heavy atom. The topological polar surface area (TPSA) is 54.9 Å². The second-order valence-electron chi connectivity index (χ2n) is 4.19. The second-order valence-corrected chi connectivity index (χ2v) is 5.04. The van der Waals surface area contributed by atoms with Gasteiger partial charge in [-0.05, 0) is 40.2 Å². The number of carbonyl (C=O) groups is 1. The molecule has 0 aliphatic rings. The fraction of sp³-hybridized carbons (Fsp3) is 0. The number of aromatic nitrogens is 2. The van der Waals surface area contributed by atoms with Crippen LogP contribution in [0.1, 0.15) is 10.4 Å². The van der Waals surface area contributed by atoms with Crippen molar-refractivity contribution in [2.45, 2.75) is 0 Å². The summed E-state index contributed by atoms with van der Waals surface area (Å²) < 4.78 is 0.742. The molecule has 0 saturated heterocycles. The Morgan fingerprint density at radius 3 is 2.85 bits per heavy atom. The summed E-state index contributed by atoms with van der Waals surface area (Å²) in [5.74, 6) is -0.171. The van der Waals surface area contributed by atoms with Crippen molar-refractivity contribution in [2.24, 2.45) is 0 Å². The summed E-state index contributed by atoms with van der Waals surface area (Å²) in [6, 6.07) is 10.9. The molecule has 5 heteroatoms. The van der Waals surface area contributed by atoms with Crippen LogP contribution in [0.3, 0.4) is 0 Å². The number of hydrogen-bond acceptors (Lipinski definition) is 3. The molecule has 0 saturated carbocycles. The molecule has 3 aromatic rings. The fourth-order valence-corrected chi connectivity index (χ4v) is 2.32. The molecule has 0 aliphatic carbocycles. The Kier molecular flexibility index (Phi) is 3.43. The molecule has 0 bridgehead atoms. The number of rotatable bonds is 2. The molecule has 0 unspecified atom stereocenters. The van der Waals surface area contributed by atoms with E-state index in [2.05, 4.69) is 31.2 Å². The fourth-order valence-electron chi connectivity index (χ4n) is 1.97. The van der Waals surface area contributed by atoms with Crippen LogP contribution < -0.4 is 5.32 Å². The molecule has 1 N–H and O–H groups in total. The summed E-state index contributed by atoms with van der Waals surface area (Å²) >= 11 is 3.36. The summed E-state index contributed by atoms with van der Waals surface area (Å²) in [5.41, 5.74) is 2.08. The molecule has 3 rings (SSSR count). The molecule has 2 heterocycles. The highest BCUT2D eigenvalue weighted by molar-refractivity contribution is 9.10. The van der Waals surface area contributed by atoms with Crippen molar-refractivity contribution < 1.29 is 4.79 Å². The Bertz CT molecular complexity index is 783. The molecule has 98 valence electrons. The lowest BCUT2D eigenvalue weighted by molar-refractivity contribution is 0.102. The number of nitrogens with one attached hydrogen (secondary N) is 1. The SMILES string of the molecule is O=C(Nc1ccncc1Br)c1cccc2ncccc12. The second kappa shape index (κ2) is 5.38. The van der Waals surface area contributed by atoms with Crippen LogP contribution in [0.25, 0.3) is 10.9 Å². The Labute approximate surface area is 124 Å². The molecule has 0 aliphatic heterocycles. The van der Waals surface area contributed by atoms with Gasteiger partial charge in [0.15, 0.2) is 0 Å². The van der Waals surface area contributed by atoms with Gasteiger partial charge in [0.05, 0.1) is 15.7 Å². The number of fused-ring (bicyclic) bond motifs is 1. The number of pyridine rings is 2. The average Bonchev–Trinajstić information content (AvgIpc) is 2.49. The van der Waals surface area contributed by atoms with Crippen molar-refractivity contribution in [3.63, 3.8) is 0 Å². The maximum Gasteiger partial charge on any atom is 0.256 e. The summed E-state index contributed by atoms with van der Waals surface area (Å²) in [4.78, 5) is 20.6. The number of hydrogen-bond donors (Lipinski definition) is 1. The Hall–Kier alpha value is -2.27. The molecule has 0 fully saturated rings. The zero-order valence-electron chi connectivity index (χ0n) is 10.4. The van der Waals surface area contributed by atoms with Gasteiger partial charge >= 0.3 is 0 Å². The number of carbonyl (C=O) groups excluding carboxylic acids is 1. The highest BCUT2D eigenvalue weighted by Gasteiger charge is 2.11. The van der Waals surface area contributed by atoms with Gasteiger partial charge in [-0.1, -0.05) is 12.1 Å². The van der Waals surface area contributed by atoms with E-state index in [1.54, 1.807) is 30.7 Å². The number of halogens is 1. The quantitative estimate of drug-likeness (QED) is 0.781. The standard InChI is InChI=1S/C15H10BrN3O/c16-12-9-17-8-6-14(12)19-15(20)11-3-1-5-13-10(11)4-2-7-18-13/h1-9H,(H,17,19,20). The predicted octanol–water partition coefficient (Wildman–Crippen LogP) is 3.64. The monoisotopic (exact) mass is 327 g/mol. The van der Waals surface area contributed by atoms with Gasteiger partial charge in [0, 0.05) is 29.5 Å². The van der Waals surface area contributed by atoms with Gasteiger partial charge < -0.3 is 5.32 Å². The molecule has 1 aromatic carbocycles. The molecule has 0 radical (unpaired) electrons. The molecular weight excluding hydrogens is 318 g/mol. The van der Waals surface area contributed by atoms with Crippen LogP contribution in [-0.2, 0) is 0 Å². The molecule has 4 nitrogen and oxygen atoms in total. The zero-order chi connectivity index (χ0) is 13.9. The molecule has 2 aromatic heterocycles. The van der Waals surface area contributed by atoms with Crippen molar-refractivity contribution in [3.8, 4) is 0 Å². The summed E-state index contributed by atoms with van der Waals surface area (Å²) in [5, 5.41) is 3.70. The first-order chi connectivity index (χ1) is 9.75. The lowest BCUT2D eigenvalue weighted by atomic mass is 10.1. The zero-order valence-corrected chi connectivity index (χ0v) is 12.0. The van der Waals surface area contributed by atoms with Crippen LogP contribution in [0.5, 0.6) is 0 Å². The first-order valence-corrected chi connectivity index (χ1v) is 6.79. The van der Waals surface area contributed by atoms with E-state index in [0.717, 1.165) is 15.4 Å². The predicted molar refractivity (Wildman–Crippen MR) is 81.6 cm³/mol. The minimum Gasteiger partial charge on any atom is -0.321 e. The third-order valence-electron chi connectivity index (χ3n) is 2.91. The third kappa shape index (κ3) is 2.40. The average molecular weight is 328 g/mol. The summed E-state index contributed by atoms with van der Waals surface area (Å²) in [6.07, 6.45) is 4.98. The minimum atomic E-state index is -0.171. The van der Waals surface area contributed by atoms with Gasteiger partial charge in [0.1, 0.15) is 0 Å². The Balaban J connectivity index is 1.99. The van der Waals surface area contributed by atoms with E-state index in [4.69, 9.17) is 0 Å². The van der Waals surface area contributed by atoms with E-state index in [1.807, 2.05) is 24.3 Å². The van der Waals surface area contributed by atoms with Crippen molar-refractivity contribution in [3.05, 3.63) is 65.0 Å². The molecule has 0 atom stereocenters. The first-order valence-electron chi connectivity index (χ1n) is 6.00. The van der Waals surface area contributed by atoms with E-state index in [9.17, 15) is 4.79 Å². The minimum absolute atomic E-state index is 0.171. The summed E-state index contributed by atoms with van der Waals surface area (Å²) in [7, 11) is 0. The number of nitrogens with zero attached hydrogens (tertiary/aromatic N) is 2. The van der Waals surface area contributed by atoms with Gasteiger partial charge in [0.2, 0.25) is 0 Å². The number of benzene rings is 1. The smallest absolute Gasteiger partial charge is 0.256 e. The van der Waals surface area contributed by atoms with Gasteiger partial charge in [-0.3, -0.25) is 14.8 Å². The maximum atomic E-state index is 12.4. The van der Waals surface area contributed by atoms with Crippen molar-refractivity contribution in [1.29, 1.82) is 0 Å². The van der Waals surface area contributed by atoms with Gasteiger partial charge in [0.25, 0.3) is 5.91 Å². The molecule has 0 spiro atoms. The maximum absolute atomic E-state index is 12.4. The van der Waals surface area contributed by atoms with Gasteiger partial charge in [-0.15, -0.1) is 0 Å². The molecular formula is C15H10BrN3O. The lowest BCUT2D eigenvalue weighted by Gasteiger charge is -2.08. The van der Waals surface area contributed by atoms with Crippen LogP contribution in [0, 0.1) is 0 Å². The lowest BCUT2D eigenvalue weighted by Crippen LogP contribution is -2.12. The molecule has 1 amide bonds. The van der Waals surface area contributed by atoms with Crippen LogP contribution in [0.2, 0.25) is 0 Å². The third-order valence-corrected chi connectivity index (χ3v) is 3.54. The van der Waals surface area contributed by atoms with Crippen LogP contribution in [0.15, 0.2) is 59.5 Å². The highest BCUT2D eigenvalue weighted by Crippen LogP contribution is 2.22. The van der Waals surface area contributed by atoms with Crippen molar-refractivity contribution in [2.75, 3.05) is 5.32 Å². The van der Waals surface area contributed by atoms with E-state index < -0.39 is 0 Å². The van der Waals surface area contributed by atoms with E-state index in [0.29, 0.717) is 11.3 Å². The van der Waals surface area contributed by atoms with Gasteiger partial charge in [-0.25, -0.2) is 0 Å². The van der Waals surface area contributed by atoms with Crippen molar-refractivity contribution >= 4 is 38.4 Å². The molecule has 20 heavy (non-hydrogen) atoms. The largest absolute Gasteiger partial charge is 0.321 e. The van der Waals surface area contributed by atoms with E-state index >= 15 is 0 Å². The van der Waals surface area contributed by atoms with E-state index in [1.165, 1.54) is 0 Å². The Morgan fingerprint density at radius 2 is 2.00 bits per heavy atom. The van der Waals surface area contributed by atoms with Crippen LogP contribution in [-0.4, -0.2) is 15.9 Å². The van der Waals surface area contributed by atoms with Crippen LogP contribution in [0.4, 0.5) is 5.69 Å². The van der Waals surface area contributed by atoms with Crippen LogP contribution >= 0.6 is 15.9 Å². The highest BCUT2D eigenvalue weighted by atomic mass is 79.9. The van der Waals surface area contributed by atoms with Gasteiger partial charge in [-0.2, -0.15) is 0 Å². The normalized spacial score (nSPS) is 10.4. The number of anilines is 1. The van der Waals surface area contributed by atoms with Crippen molar-refractivity contribution in [1.82, 2.24) is 9.97 Å². The summed E-state index contributed by atoms with van der Waals surface area (Å²) in [6.45, 7) is 0. The first kappa shape index (κ1) is 12.7. The van der Waals surface area contributed by atoms with E-state index in [-0.39, 0.29) is 5.91 Å². The number of amides is 1.